The summed E-state index contributed by atoms with van der Waals surface area (Å²) >= 11 is 6.20. The molecule has 0 radical (unpaired) electrons. The fourth-order valence-corrected chi connectivity index (χ4v) is 1.97. The fourth-order valence-electron chi connectivity index (χ4n) is 1.71. The molecule has 0 fully saturated rings. The second kappa shape index (κ2) is 10.1. The summed E-state index contributed by atoms with van der Waals surface area (Å²) in [5.41, 5.74) is 1.19. The summed E-state index contributed by atoms with van der Waals surface area (Å²) < 4.78 is 10.6. The quantitative estimate of drug-likeness (QED) is 0.666. The molecule has 0 bridgehead atoms. The van der Waals surface area contributed by atoms with Crippen molar-refractivity contribution >= 4 is 11.6 Å². The SMILES string of the molecule is CCCNCc1ccc(OCCCCOC)c(Cl)c1. The van der Waals surface area contributed by atoms with Gasteiger partial charge in [-0.05, 0) is 43.5 Å². The lowest BCUT2D eigenvalue weighted by Crippen LogP contribution is -2.13. The van der Waals surface area contributed by atoms with E-state index in [-0.39, 0.29) is 0 Å². The molecule has 4 heteroatoms. The van der Waals surface area contributed by atoms with E-state index in [4.69, 9.17) is 21.1 Å². The Morgan fingerprint density at radius 3 is 2.68 bits per heavy atom. The molecule has 108 valence electrons. The summed E-state index contributed by atoms with van der Waals surface area (Å²) in [5.74, 6) is 0.762. The van der Waals surface area contributed by atoms with Gasteiger partial charge >= 0.3 is 0 Å². The molecule has 19 heavy (non-hydrogen) atoms. The Labute approximate surface area is 121 Å². The van der Waals surface area contributed by atoms with Crippen LogP contribution in [-0.4, -0.2) is 26.9 Å². The average molecular weight is 286 g/mol. The lowest BCUT2D eigenvalue weighted by molar-refractivity contribution is 0.184. The van der Waals surface area contributed by atoms with Crippen LogP contribution in [0.5, 0.6) is 5.75 Å². The highest BCUT2D eigenvalue weighted by Crippen LogP contribution is 2.25. The molecule has 0 saturated carbocycles. The van der Waals surface area contributed by atoms with Gasteiger partial charge in [-0.3, -0.25) is 0 Å². The van der Waals surface area contributed by atoms with E-state index in [1.807, 2.05) is 12.1 Å². The molecule has 1 aromatic rings. The van der Waals surface area contributed by atoms with Crippen LogP contribution in [0.25, 0.3) is 0 Å². The first-order valence-corrected chi connectivity index (χ1v) is 7.26. The summed E-state index contributed by atoms with van der Waals surface area (Å²) in [6, 6.07) is 5.97. The summed E-state index contributed by atoms with van der Waals surface area (Å²) in [6.07, 6.45) is 3.12. The summed E-state index contributed by atoms with van der Waals surface area (Å²) in [4.78, 5) is 0. The summed E-state index contributed by atoms with van der Waals surface area (Å²) in [5, 5.41) is 4.03. The smallest absolute Gasteiger partial charge is 0.137 e. The highest BCUT2D eigenvalue weighted by atomic mass is 35.5. The fraction of sp³-hybridized carbons (Fsp3) is 0.600. The van der Waals surface area contributed by atoms with Crippen LogP contribution in [0.4, 0.5) is 0 Å². The first-order chi connectivity index (χ1) is 9.27. The third-order valence-corrected chi connectivity index (χ3v) is 3.05. The molecule has 1 N–H and O–H groups in total. The van der Waals surface area contributed by atoms with E-state index in [2.05, 4.69) is 18.3 Å². The van der Waals surface area contributed by atoms with Gasteiger partial charge in [-0.15, -0.1) is 0 Å². The van der Waals surface area contributed by atoms with Crippen molar-refractivity contribution in [1.29, 1.82) is 0 Å². The zero-order chi connectivity index (χ0) is 13.9. The zero-order valence-corrected chi connectivity index (χ0v) is 12.6. The predicted octanol–water partition coefficient (Wildman–Crippen LogP) is 3.65. The third kappa shape index (κ3) is 6.81. The topological polar surface area (TPSA) is 30.5 Å². The van der Waals surface area contributed by atoms with Crippen molar-refractivity contribution in [2.45, 2.75) is 32.7 Å². The Morgan fingerprint density at radius 1 is 1.21 bits per heavy atom. The number of rotatable bonds is 10. The van der Waals surface area contributed by atoms with Crippen molar-refractivity contribution in [2.75, 3.05) is 26.9 Å². The number of benzene rings is 1. The molecule has 1 rings (SSSR count). The largest absolute Gasteiger partial charge is 0.492 e. The highest BCUT2D eigenvalue weighted by Gasteiger charge is 2.03. The third-order valence-electron chi connectivity index (χ3n) is 2.75. The Balaban J connectivity index is 2.34. The van der Waals surface area contributed by atoms with E-state index in [0.717, 1.165) is 44.7 Å². The van der Waals surface area contributed by atoms with Gasteiger partial charge < -0.3 is 14.8 Å². The molecule has 0 unspecified atom stereocenters. The van der Waals surface area contributed by atoms with E-state index in [0.29, 0.717) is 11.6 Å². The molecule has 0 aliphatic heterocycles. The number of unbranched alkanes of at least 4 members (excludes halogenated alkanes) is 1. The molecule has 0 saturated heterocycles. The van der Waals surface area contributed by atoms with Gasteiger partial charge in [0.25, 0.3) is 0 Å². The van der Waals surface area contributed by atoms with Gasteiger partial charge in [0.15, 0.2) is 0 Å². The lowest BCUT2D eigenvalue weighted by atomic mass is 10.2. The van der Waals surface area contributed by atoms with Gasteiger partial charge in [-0.2, -0.15) is 0 Å². The van der Waals surface area contributed by atoms with E-state index in [1.165, 1.54) is 5.56 Å². The Kier molecular flexibility index (Phi) is 8.63. The molecule has 0 aliphatic carbocycles. The maximum absolute atomic E-state index is 6.20. The molecule has 0 amide bonds. The predicted molar refractivity (Wildman–Crippen MR) is 80.1 cm³/mol. The minimum Gasteiger partial charge on any atom is -0.492 e. The minimum atomic E-state index is 0.677. The number of halogens is 1. The van der Waals surface area contributed by atoms with Crippen LogP contribution >= 0.6 is 11.6 Å². The van der Waals surface area contributed by atoms with Crippen LogP contribution < -0.4 is 10.1 Å². The molecule has 1 aromatic carbocycles. The number of methoxy groups -OCH3 is 1. The number of hydrogen-bond donors (Lipinski definition) is 1. The van der Waals surface area contributed by atoms with Crippen LogP contribution in [-0.2, 0) is 11.3 Å². The molecular formula is C15H24ClNO2. The van der Waals surface area contributed by atoms with Crippen LogP contribution in [0, 0.1) is 0 Å². The molecule has 0 aliphatic rings. The van der Waals surface area contributed by atoms with E-state index < -0.39 is 0 Å². The van der Waals surface area contributed by atoms with Crippen molar-refractivity contribution in [3.63, 3.8) is 0 Å². The van der Waals surface area contributed by atoms with Crippen LogP contribution in [0.3, 0.4) is 0 Å². The first-order valence-electron chi connectivity index (χ1n) is 6.88. The monoisotopic (exact) mass is 285 g/mol. The van der Waals surface area contributed by atoms with Gasteiger partial charge in [0.1, 0.15) is 5.75 Å². The van der Waals surface area contributed by atoms with E-state index in [1.54, 1.807) is 7.11 Å². The van der Waals surface area contributed by atoms with Crippen molar-refractivity contribution in [2.24, 2.45) is 0 Å². The molecular weight excluding hydrogens is 262 g/mol. The standard InChI is InChI=1S/C15H24ClNO2/c1-3-8-17-12-13-6-7-15(14(16)11-13)19-10-5-4-9-18-2/h6-7,11,17H,3-5,8-10,12H2,1-2H3. The molecule has 3 nitrogen and oxygen atoms in total. The minimum absolute atomic E-state index is 0.677. The summed E-state index contributed by atoms with van der Waals surface area (Å²) in [7, 11) is 1.71. The van der Waals surface area contributed by atoms with Crippen molar-refractivity contribution in [3.05, 3.63) is 28.8 Å². The molecule has 0 aromatic heterocycles. The van der Waals surface area contributed by atoms with Crippen molar-refractivity contribution in [1.82, 2.24) is 5.32 Å². The maximum Gasteiger partial charge on any atom is 0.137 e. The van der Waals surface area contributed by atoms with Crippen LogP contribution in [0.2, 0.25) is 5.02 Å². The Morgan fingerprint density at radius 2 is 2.00 bits per heavy atom. The summed E-state index contributed by atoms with van der Waals surface area (Å²) in [6.45, 7) is 5.48. The van der Waals surface area contributed by atoms with Crippen LogP contribution in [0.1, 0.15) is 31.7 Å². The van der Waals surface area contributed by atoms with Crippen molar-refractivity contribution < 1.29 is 9.47 Å². The van der Waals surface area contributed by atoms with Gasteiger partial charge in [0.2, 0.25) is 0 Å². The molecule has 0 spiro atoms. The second-order valence-corrected chi connectivity index (χ2v) is 4.90. The van der Waals surface area contributed by atoms with Gasteiger partial charge in [0, 0.05) is 20.3 Å². The second-order valence-electron chi connectivity index (χ2n) is 4.49. The highest BCUT2D eigenvalue weighted by molar-refractivity contribution is 6.32. The Bertz CT molecular complexity index is 358. The van der Waals surface area contributed by atoms with E-state index >= 15 is 0 Å². The first kappa shape index (κ1) is 16.3. The van der Waals surface area contributed by atoms with Crippen molar-refractivity contribution in [3.8, 4) is 5.75 Å². The molecule has 0 atom stereocenters. The van der Waals surface area contributed by atoms with Crippen LogP contribution in [0.15, 0.2) is 18.2 Å². The molecule has 0 heterocycles. The van der Waals surface area contributed by atoms with E-state index in [9.17, 15) is 0 Å². The number of ether oxygens (including phenoxy) is 2. The lowest BCUT2D eigenvalue weighted by Gasteiger charge is -2.10. The Hall–Kier alpha value is -0.770. The maximum atomic E-state index is 6.20. The van der Waals surface area contributed by atoms with Gasteiger partial charge in [-0.25, -0.2) is 0 Å². The normalized spacial score (nSPS) is 10.7. The van der Waals surface area contributed by atoms with Gasteiger partial charge in [-0.1, -0.05) is 24.6 Å². The number of nitrogens with one attached hydrogen (secondary N) is 1. The zero-order valence-electron chi connectivity index (χ0n) is 11.9. The average Bonchev–Trinajstić information content (AvgIpc) is 2.41. The van der Waals surface area contributed by atoms with Gasteiger partial charge in [0.05, 0.1) is 11.6 Å². The number of hydrogen-bond acceptors (Lipinski definition) is 3.